The molecule has 4 amide bonds. The molecule has 1 spiro atoms. The van der Waals surface area contributed by atoms with E-state index < -0.39 is 17.1 Å². The van der Waals surface area contributed by atoms with E-state index in [-0.39, 0.29) is 17.4 Å². The lowest BCUT2D eigenvalue weighted by Gasteiger charge is -2.42. The first-order valence-electron chi connectivity index (χ1n) is 9.15. The third-order valence-corrected chi connectivity index (χ3v) is 5.51. The molecular formula is C20H20N4O4. The minimum absolute atomic E-state index is 0.0755. The molecule has 2 saturated heterocycles. The van der Waals surface area contributed by atoms with Gasteiger partial charge in [0.1, 0.15) is 11.1 Å². The molecule has 8 nitrogen and oxygen atoms in total. The number of piperidine rings is 1. The lowest BCUT2D eigenvalue weighted by molar-refractivity contribution is -0.129. The van der Waals surface area contributed by atoms with Crippen molar-refractivity contribution in [1.82, 2.24) is 20.1 Å². The zero-order valence-electron chi connectivity index (χ0n) is 15.2. The maximum atomic E-state index is 12.7. The van der Waals surface area contributed by atoms with E-state index in [9.17, 15) is 19.2 Å². The molecule has 0 bridgehead atoms. The molecule has 2 aliphatic rings. The summed E-state index contributed by atoms with van der Waals surface area (Å²) in [5.41, 5.74) is -0.396. The fourth-order valence-corrected chi connectivity index (χ4v) is 3.92. The molecule has 2 fully saturated rings. The average Bonchev–Trinajstić information content (AvgIpc) is 2.93. The maximum absolute atomic E-state index is 12.7. The predicted octanol–water partition coefficient (Wildman–Crippen LogP) is 1.10. The van der Waals surface area contributed by atoms with Crippen LogP contribution in [0.5, 0.6) is 0 Å². The van der Waals surface area contributed by atoms with Gasteiger partial charge in [-0.3, -0.25) is 19.7 Å². The smallest absolute Gasteiger partial charge is 0.325 e. The highest BCUT2D eigenvalue weighted by atomic mass is 16.2. The van der Waals surface area contributed by atoms with Gasteiger partial charge in [-0.05, 0) is 30.5 Å². The van der Waals surface area contributed by atoms with E-state index in [1.54, 1.807) is 15.9 Å². The summed E-state index contributed by atoms with van der Waals surface area (Å²) in [6.45, 7) is 0.906. The van der Waals surface area contributed by atoms with Crippen molar-refractivity contribution in [2.75, 3.05) is 13.1 Å². The van der Waals surface area contributed by atoms with Crippen LogP contribution < -0.4 is 10.9 Å². The van der Waals surface area contributed by atoms with Crippen molar-refractivity contribution in [3.05, 3.63) is 70.1 Å². The van der Waals surface area contributed by atoms with Crippen LogP contribution >= 0.6 is 0 Å². The summed E-state index contributed by atoms with van der Waals surface area (Å²) in [6.07, 6.45) is 2.13. The summed E-state index contributed by atoms with van der Waals surface area (Å²) in [7, 11) is 0. The highest BCUT2D eigenvalue weighted by Crippen LogP contribution is 2.34. The van der Waals surface area contributed by atoms with Crippen molar-refractivity contribution in [3.63, 3.8) is 0 Å². The van der Waals surface area contributed by atoms with E-state index in [1.807, 2.05) is 30.3 Å². The monoisotopic (exact) mass is 380 g/mol. The Morgan fingerprint density at radius 2 is 1.71 bits per heavy atom. The Hall–Kier alpha value is -3.42. The first-order valence-corrected chi connectivity index (χ1v) is 9.15. The summed E-state index contributed by atoms with van der Waals surface area (Å²) in [5.74, 6) is -0.686. The van der Waals surface area contributed by atoms with Gasteiger partial charge < -0.3 is 14.8 Å². The number of imide groups is 1. The quantitative estimate of drug-likeness (QED) is 0.779. The van der Waals surface area contributed by atoms with Gasteiger partial charge in [0.25, 0.3) is 17.4 Å². The molecule has 3 heterocycles. The fraction of sp³-hybridized carbons (Fsp3) is 0.300. The number of benzene rings is 1. The molecule has 1 aromatic heterocycles. The molecule has 0 radical (unpaired) electrons. The number of nitrogens with one attached hydrogen (secondary N) is 2. The second-order valence-electron chi connectivity index (χ2n) is 7.07. The molecule has 144 valence electrons. The van der Waals surface area contributed by atoms with E-state index in [1.165, 1.54) is 12.3 Å². The third-order valence-electron chi connectivity index (χ3n) is 5.51. The average molecular weight is 380 g/mol. The standard InChI is InChI=1S/C20H20N4O4/c25-16-15(7-4-10-21-16)17(26)23-11-8-20(9-12-23)18(27)22-19(28)24(20)13-14-5-2-1-3-6-14/h1-7,10H,8-9,11-13H2,(H,21,25)(H,22,27,28). The number of carbonyl (C=O) groups is 3. The third kappa shape index (κ3) is 2.96. The number of pyridine rings is 1. The van der Waals surface area contributed by atoms with E-state index in [2.05, 4.69) is 10.3 Å². The summed E-state index contributed by atoms with van der Waals surface area (Å²) < 4.78 is 0. The summed E-state index contributed by atoms with van der Waals surface area (Å²) in [4.78, 5) is 55.2. The molecule has 2 N–H and O–H groups in total. The maximum Gasteiger partial charge on any atom is 0.325 e. The van der Waals surface area contributed by atoms with E-state index in [0.717, 1.165) is 5.56 Å². The molecule has 0 unspecified atom stereocenters. The number of aromatic nitrogens is 1. The fourth-order valence-electron chi connectivity index (χ4n) is 3.92. The zero-order chi connectivity index (χ0) is 19.7. The van der Waals surface area contributed by atoms with Gasteiger partial charge in [0, 0.05) is 25.8 Å². The minimum atomic E-state index is -0.965. The van der Waals surface area contributed by atoms with Crippen LogP contribution in [0.2, 0.25) is 0 Å². The SMILES string of the molecule is O=C(c1ccc[nH]c1=O)N1CCC2(CC1)C(=O)NC(=O)N2Cc1ccccc1. The van der Waals surface area contributed by atoms with Gasteiger partial charge in [0.15, 0.2) is 0 Å². The second kappa shape index (κ2) is 6.95. The van der Waals surface area contributed by atoms with Crippen LogP contribution in [-0.4, -0.2) is 51.3 Å². The highest BCUT2D eigenvalue weighted by molar-refractivity contribution is 6.07. The van der Waals surface area contributed by atoms with E-state index >= 15 is 0 Å². The Labute approximate surface area is 161 Å². The van der Waals surface area contributed by atoms with Crippen molar-refractivity contribution in [2.24, 2.45) is 0 Å². The van der Waals surface area contributed by atoms with Crippen molar-refractivity contribution in [1.29, 1.82) is 0 Å². The number of carbonyl (C=O) groups excluding carboxylic acids is 3. The van der Waals surface area contributed by atoms with Crippen molar-refractivity contribution >= 4 is 17.8 Å². The minimum Gasteiger partial charge on any atom is -0.338 e. The molecule has 1 aromatic carbocycles. The van der Waals surface area contributed by atoms with Crippen LogP contribution in [0.25, 0.3) is 0 Å². The normalized spacial score (nSPS) is 18.4. The van der Waals surface area contributed by atoms with E-state index in [4.69, 9.17) is 0 Å². The van der Waals surface area contributed by atoms with Gasteiger partial charge in [0.2, 0.25) is 0 Å². The summed E-state index contributed by atoms with van der Waals surface area (Å²) >= 11 is 0. The largest absolute Gasteiger partial charge is 0.338 e. The summed E-state index contributed by atoms with van der Waals surface area (Å²) in [5, 5.41) is 2.42. The molecule has 0 aliphatic carbocycles. The van der Waals surface area contributed by atoms with E-state index in [0.29, 0.717) is 32.5 Å². The van der Waals surface area contributed by atoms with Crippen LogP contribution in [0.15, 0.2) is 53.5 Å². The molecule has 28 heavy (non-hydrogen) atoms. The molecule has 2 aliphatic heterocycles. The van der Waals surface area contributed by atoms with Gasteiger partial charge in [-0.15, -0.1) is 0 Å². The van der Waals surface area contributed by atoms with Gasteiger partial charge >= 0.3 is 6.03 Å². The highest BCUT2D eigenvalue weighted by Gasteiger charge is 2.54. The first kappa shape index (κ1) is 18.0. The van der Waals surface area contributed by atoms with Gasteiger partial charge in [-0.25, -0.2) is 4.79 Å². The topological polar surface area (TPSA) is 103 Å². The van der Waals surface area contributed by atoms with Gasteiger partial charge in [0.05, 0.1) is 0 Å². The molecular weight excluding hydrogens is 360 g/mol. The second-order valence-corrected chi connectivity index (χ2v) is 7.07. The van der Waals surface area contributed by atoms with Crippen LogP contribution in [0, 0.1) is 0 Å². The number of urea groups is 1. The van der Waals surface area contributed by atoms with Crippen molar-refractivity contribution < 1.29 is 14.4 Å². The number of amides is 4. The molecule has 0 saturated carbocycles. The Bertz CT molecular complexity index is 977. The molecule has 0 atom stereocenters. The van der Waals surface area contributed by atoms with Crippen LogP contribution in [-0.2, 0) is 11.3 Å². The lowest BCUT2D eigenvalue weighted by atomic mass is 9.85. The number of hydrogen-bond acceptors (Lipinski definition) is 4. The first-order chi connectivity index (χ1) is 13.5. The van der Waals surface area contributed by atoms with Crippen LogP contribution in [0.4, 0.5) is 4.79 Å². The lowest BCUT2D eigenvalue weighted by Crippen LogP contribution is -2.57. The zero-order valence-corrected chi connectivity index (χ0v) is 15.2. The Morgan fingerprint density at radius 3 is 2.39 bits per heavy atom. The number of aromatic amines is 1. The molecule has 4 rings (SSSR count). The number of hydrogen-bond donors (Lipinski definition) is 2. The number of H-pyrrole nitrogens is 1. The van der Waals surface area contributed by atoms with Crippen LogP contribution in [0.1, 0.15) is 28.8 Å². The van der Waals surface area contributed by atoms with Crippen LogP contribution in [0.3, 0.4) is 0 Å². The Morgan fingerprint density at radius 1 is 1.00 bits per heavy atom. The Kier molecular flexibility index (Phi) is 4.46. The van der Waals surface area contributed by atoms with Gasteiger partial charge in [-0.1, -0.05) is 30.3 Å². The van der Waals surface area contributed by atoms with Crippen molar-refractivity contribution in [2.45, 2.75) is 24.9 Å². The number of likely N-dealkylation sites (tertiary alicyclic amines) is 1. The molecule has 2 aromatic rings. The number of nitrogens with zero attached hydrogens (tertiary/aromatic N) is 2. The predicted molar refractivity (Wildman–Crippen MR) is 100 cm³/mol. The Balaban J connectivity index is 1.53. The summed E-state index contributed by atoms with van der Waals surface area (Å²) in [6, 6.07) is 12.2. The van der Waals surface area contributed by atoms with Crippen molar-refractivity contribution in [3.8, 4) is 0 Å². The van der Waals surface area contributed by atoms with Gasteiger partial charge in [-0.2, -0.15) is 0 Å². The molecule has 8 heteroatoms. The number of rotatable bonds is 3.